The van der Waals surface area contributed by atoms with Gasteiger partial charge in [0.25, 0.3) is 9.84 Å². The van der Waals surface area contributed by atoms with Crippen molar-refractivity contribution < 1.29 is 21.6 Å². The number of hydrogen-bond acceptors (Lipinski definition) is 4. The Morgan fingerprint density at radius 2 is 1.81 bits per heavy atom. The molecule has 1 aromatic rings. The summed E-state index contributed by atoms with van der Waals surface area (Å²) in [5.41, 5.74) is 1.12. The van der Waals surface area contributed by atoms with Crippen LogP contribution in [0.1, 0.15) is 19.3 Å². The van der Waals surface area contributed by atoms with Crippen molar-refractivity contribution in [2.45, 2.75) is 35.7 Å². The number of alkyl halides is 3. The number of nitrogens with two attached hydrogens (primary N) is 1. The standard InChI is InChI=1S/C13H17F3N2O2S/c14-13(15,16)21(19,20)12-6-4-10(5-7-12)18-8-2-1-3-11(18)9-17/h4-7,11H,1-3,8-9,17H2. The SMILES string of the molecule is NCC1CCCCN1c1ccc(S(=O)(=O)C(F)(F)F)cc1. The van der Waals surface area contributed by atoms with Crippen LogP contribution >= 0.6 is 0 Å². The fourth-order valence-corrected chi connectivity index (χ4v) is 3.30. The van der Waals surface area contributed by atoms with Crippen LogP contribution in [0.5, 0.6) is 0 Å². The van der Waals surface area contributed by atoms with Crippen LogP contribution in [0.3, 0.4) is 0 Å². The quantitative estimate of drug-likeness (QED) is 0.927. The Hall–Kier alpha value is -1.28. The summed E-state index contributed by atoms with van der Waals surface area (Å²) in [6.07, 6.45) is 2.98. The molecule has 1 aliphatic rings. The molecule has 0 radical (unpaired) electrons. The Labute approximate surface area is 121 Å². The summed E-state index contributed by atoms with van der Waals surface area (Å²) in [5.74, 6) is 0. The van der Waals surface area contributed by atoms with Gasteiger partial charge in [-0.1, -0.05) is 0 Å². The number of piperidine rings is 1. The van der Waals surface area contributed by atoms with Gasteiger partial charge in [-0.3, -0.25) is 0 Å². The molecule has 21 heavy (non-hydrogen) atoms. The first kappa shape index (κ1) is 16.1. The lowest BCUT2D eigenvalue weighted by Crippen LogP contribution is -2.44. The van der Waals surface area contributed by atoms with E-state index < -0.39 is 20.2 Å². The molecule has 2 N–H and O–H groups in total. The first-order chi connectivity index (χ1) is 9.77. The van der Waals surface area contributed by atoms with Crippen LogP contribution in [0, 0.1) is 0 Å². The zero-order valence-corrected chi connectivity index (χ0v) is 12.1. The van der Waals surface area contributed by atoms with Crippen LogP contribution in [-0.4, -0.2) is 33.1 Å². The van der Waals surface area contributed by atoms with Crippen molar-refractivity contribution in [2.75, 3.05) is 18.0 Å². The van der Waals surface area contributed by atoms with E-state index in [0.717, 1.165) is 37.9 Å². The van der Waals surface area contributed by atoms with E-state index in [4.69, 9.17) is 5.73 Å². The summed E-state index contributed by atoms with van der Waals surface area (Å²) in [7, 11) is -5.29. The maximum absolute atomic E-state index is 12.5. The zero-order valence-electron chi connectivity index (χ0n) is 11.3. The molecule has 1 unspecified atom stereocenters. The number of anilines is 1. The highest BCUT2D eigenvalue weighted by Gasteiger charge is 2.46. The predicted octanol–water partition coefficient (Wildman–Crippen LogP) is 2.30. The summed E-state index contributed by atoms with van der Waals surface area (Å²) in [5, 5.41) is 0. The van der Waals surface area contributed by atoms with Crippen LogP contribution < -0.4 is 10.6 Å². The Bertz CT molecular complexity index is 584. The van der Waals surface area contributed by atoms with Gasteiger partial charge < -0.3 is 10.6 Å². The van der Waals surface area contributed by atoms with Crippen molar-refractivity contribution in [1.82, 2.24) is 0 Å². The van der Waals surface area contributed by atoms with Crippen molar-refractivity contribution in [3.05, 3.63) is 24.3 Å². The molecule has 0 aromatic heterocycles. The van der Waals surface area contributed by atoms with Gasteiger partial charge >= 0.3 is 5.51 Å². The van der Waals surface area contributed by atoms with E-state index in [9.17, 15) is 21.6 Å². The van der Waals surface area contributed by atoms with E-state index in [-0.39, 0.29) is 6.04 Å². The number of hydrogen-bond donors (Lipinski definition) is 1. The Morgan fingerprint density at radius 1 is 1.19 bits per heavy atom. The first-order valence-electron chi connectivity index (χ1n) is 6.65. The molecule has 1 heterocycles. The maximum Gasteiger partial charge on any atom is 0.501 e. The van der Waals surface area contributed by atoms with E-state index >= 15 is 0 Å². The predicted molar refractivity (Wildman–Crippen MR) is 73.7 cm³/mol. The van der Waals surface area contributed by atoms with Gasteiger partial charge in [-0.05, 0) is 43.5 Å². The second-order valence-electron chi connectivity index (χ2n) is 5.02. The third-order valence-electron chi connectivity index (χ3n) is 3.68. The lowest BCUT2D eigenvalue weighted by molar-refractivity contribution is -0.0436. The molecule has 118 valence electrons. The molecule has 1 atom stereocenters. The highest BCUT2D eigenvalue weighted by molar-refractivity contribution is 7.92. The minimum atomic E-state index is -5.29. The molecular formula is C13H17F3N2O2S. The van der Waals surface area contributed by atoms with Crippen molar-refractivity contribution >= 4 is 15.5 Å². The summed E-state index contributed by atoms with van der Waals surface area (Å²) in [6.45, 7) is 1.23. The molecule has 0 aliphatic carbocycles. The van der Waals surface area contributed by atoms with Crippen molar-refractivity contribution in [2.24, 2.45) is 5.73 Å². The second kappa shape index (κ2) is 5.84. The van der Waals surface area contributed by atoms with Gasteiger partial charge in [0.1, 0.15) is 0 Å². The number of sulfone groups is 1. The van der Waals surface area contributed by atoms with Crippen molar-refractivity contribution in [1.29, 1.82) is 0 Å². The topological polar surface area (TPSA) is 63.4 Å². The minimum absolute atomic E-state index is 0.142. The fraction of sp³-hybridized carbons (Fsp3) is 0.538. The van der Waals surface area contributed by atoms with Gasteiger partial charge in [-0.25, -0.2) is 8.42 Å². The average Bonchev–Trinajstić information content (AvgIpc) is 2.46. The number of benzene rings is 1. The van der Waals surface area contributed by atoms with E-state index in [2.05, 4.69) is 0 Å². The number of rotatable bonds is 3. The monoisotopic (exact) mass is 322 g/mol. The number of nitrogens with zero attached hydrogens (tertiary/aromatic N) is 1. The molecule has 1 saturated heterocycles. The third-order valence-corrected chi connectivity index (χ3v) is 5.18. The highest BCUT2D eigenvalue weighted by atomic mass is 32.2. The summed E-state index contributed by atoms with van der Waals surface area (Å²) >= 11 is 0. The molecule has 1 aromatic carbocycles. The van der Waals surface area contributed by atoms with Crippen LogP contribution in [0.15, 0.2) is 29.2 Å². The van der Waals surface area contributed by atoms with Crippen LogP contribution in [0.25, 0.3) is 0 Å². The molecule has 0 spiro atoms. The van der Waals surface area contributed by atoms with Gasteiger partial charge in [-0.2, -0.15) is 13.2 Å². The maximum atomic E-state index is 12.5. The van der Waals surface area contributed by atoms with E-state index in [1.54, 1.807) is 0 Å². The second-order valence-corrected chi connectivity index (χ2v) is 6.96. The van der Waals surface area contributed by atoms with Gasteiger partial charge in [0.15, 0.2) is 0 Å². The Morgan fingerprint density at radius 3 is 2.33 bits per heavy atom. The largest absolute Gasteiger partial charge is 0.501 e. The zero-order chi connectivity index (χ0) is 15.7. The Kier molecular flexibility index (Phi) is 4.48. The van der Waals surface area contributed by atoms with Crippen LogP contribution in [0.2, 0.25) is 0 Å². The molecule has 4 nitrogen and oxygen atoms in total. The van der Waals surface area contributed by atoms with E-state index in [1.807, 2.05) is 4.90 Å². The van der Waals surface area contributed by atoms with Crippen molar-refractivity contribution in [3.63, 3.8) is 0 Å². The van der Waals surface area contributed by atoms with Gasteiger partial charge in [-0.15, -0.1) is 0 Å². The van der Waals surface area contributed by atoms with Crippen molar-refractivity contribution in [3.8, 4) is 0 Å². The van der Waals surface area contributed by atoms with E-state index in [1.165, 1.54) is 12.1 Å². The Balaban J connectivity index is 2.27. The molecule has 0 bridgehead atoms. The summed E-state index contributed by atoms with van der Waals surface area (Å²) < 4.78 is 60.0. The highest BCUT2D eigenvalue weighted by Crippen LogP contribution is 2.32. The molecule has 0 saturated carbocycles. The lowest BCUT2D eigenvalue weighted by Gasteiger charge is -2.37. The third kappa shape index (κ3) is 3.16. The summed E-state index contributed by atoms with van der Waals surface area (Å²) in [4.78, 5) is 1.29. The molecular weight excluding hydrogens is 305 g/mol. The molecule has 2 rings (SSSR count). The molecule has 0 amide bonds. The van der Waals surface area contributed by atoms with Gasteiger partial charge in [0.05, 0.1) is 4.90 Å². The molecule has 1 aliphatic heterocycles. The van der Waals surface area contributed by atoms with Crippen LogP contribution in [0.4, 0.5) is 18.9 Å². The molecule has 8 heteroatoms. The fourth-order valence-electron chi connectivity index (χ4n) is 2.54. The molecule has 1 fully saturated rings. The van der Waals surface area contributed by atoms with Gasteiger partial charge in [0.2, 0.25) is 0 Å². The van der Waals surface area contributed by atoms with E-state index in [0.29, 0.717) is 12.2 Å². The van der Waals surface area contributed by atoms with Crippen LogP contribution in [-0.2, 0) is 9.84 Å². The minimum Gasteiger partial charge on any atom is -0.367 e. The lowest BCUT2D eigenvalue weighted by atomic mass is 10.0. The van der Waals surface area contributed by atoms with Gasteiger partial charge in [0, 0.05) is 24.8 Å². The summed E-state index contributed by atoms with van der Waals surface area (Å²) in [6, 6.07) is 4.96. The first-order valence-corrected chi connectivity index (χ1v) is 8.14. The average molecular weight is 322 g/mol. The number of halogens is 3. The smallest absolute Gasteiger partial charge is 0.367 e. The normalized spacial score (nSPS) is 20.6.